The van der Waals surface area contributed by atoms with E-state index in [-0.39, 0.29) is 0 Å². The molecule has 0 aliphatic heterocycles. The van der Waals surface area contributed by atoms with Crippen LogP contribution in [0.15, 0.2) is 35.0 Å². The summed E-state index contributed by atoms with van der Waals surface area (Å²) >= 11 is 0. The Bertz CT molecular complexity index is 767. The van der Waals surface area contributed by atoms with E-state index in [1.54, 1.807) is 13.2 Å². The van der Waals surface area contributed by atoms with Gasteiger partial charge in [0.2, 0.25) is 0 Å². The summed E-state index contributed by atoms with van der Waals surface area (Å²) in [6.45, 7) is 2.00. The fraction of sp³-hybridized carbons (Fsp3) is 0.143. The van der Waals surface area contributed by atoms with Gasteiger partial charge in [-0.1, -0.05) is 0 Å². The topological polar surface area (TPSA) is 86.2 Å². The summed E-state index contributed by atoms with van der Waals surface area (Å²) in [4.78, 5) is 0. The van der Waals surface area contributed by atoms with Gasteiger partial charge in [0, 0.05) is 5.69 Å². The predicted octanol–water partition coefficient (Wildman–Crippen LogP) is 2.87. The molecule has 0 unspecified atom stereocenters. The molecule has 0 amide bonds. The van der Waals surface area contributed by atoms with Gasteiger partial charge in [-0.2, -0.15) is 0 Å². The lowest BCUT2D eigenvalue weighted by Gasteiger charge is -2.11. The van der Waals surface area contributed by atoms with E-state index in [1.807, 2.05) is 31.2 Å². The van der Waals surface area contributed by atoms with Crippen LogP contribution in [-0.2, 0) is 0 Å². The lowest BCUT2D eigenvalue weighted by atomic mass is 10.1. The van der Waals surface area contributed by atoms with Crippen LogP contribution in [0, 0.1) is 6.92 Å². The Morgan fingerprint density at radius 1 is 1.10 bits per heavy atom. The van der Waals surface area contributed by atoms with Gasteiger partial charge in [-0.05, 0) is 53.1 Å². The number of aryl methyl sites for hydroxylation is 1. The van der Waals surface area contributed by atoms with Crippen molar-refractivity contribution in [1.29, 1.82) is 0 Å². The third kappa shape index (κ3) is 2.01. The van der Waals surface area contributed by atoms with E-state index in [1.165, 1.54) is 0 Å². The molecule has 3 N–H and O–H groups in total. The second kappa shape index (κ2) is 4.73. The van der Waals surface area contributed by atoms with Crippen LogP contribution < -0.4 is 15.8 Å². The van der Waals surface area contributed by atoms with Crippen molar-refractivity contribution in [3.8, 4) is 5.75 Å². The predicted molar refractivity (Wildman–Crippen MR) is 77.2 cm³/mol. The van der Waals surface area contributed by atoms with Crippen molar-refractivity contribution in [1.82, 2.24) is 10.3 Å². The summed E-state index contributed by atoms with van der Waals surface area (Å²) in [5.74, 6) is 0.818. The average Bonchev–Trinajstić information content (AvgIpc) is 2.94. The number of anilines is 3. The molecule has 3 rings (SSSR count). The molecule has 0 fully saturated rings. The minimum Gasteiger partial charge on any atom is -0.497 e. The van der Waals surface area contributed by atoms with Crippen LogP contribution in [0.5, 0.6) is 5.75 Å². The molecular formula is C14H14N4O2. The highest BCUT2D eigenvalue weighted by Crippen LogP contribution is 2.30. The maximum atomic E-state index is 5.82. The molecular weight excluding hydrogens is 256 g/mol. The lowest BCUT2D eigenvalue weighted by molar-refractivity contribution is 0.316. The molecule has 3 aromatic rings. The van der Waals surface area contributed by atoms with Crippen LogP contribution >= 0.6 is 0 Å². The summed E-state index contributed by atoms with van der Waals surface area (Å²) in [5, 5.41) is 11.0. The Morgan fingerprint density at radius 3 is 2.60 bits per heavy atom. The van der Waals surface area contributed by atoms with Gasteiger partial charge in [-0.15, -0.1) is 0 Å². The Hall–Kier alpha value is -2.76. The van der Waals surface area contributed by atoms with Crippen molar-refractivity contribution >= 4 is 28.1 Å². The molecule has 0 spiro atoms. The number of benzene rings is 2. The number of nitrogens with zero attached hydrogens (tertiary/aromatic N) is 2. The number of fused-ring (bicyclic) bond motifs is 1. The molecule has 1 heterocycles. The highest BCUT2D eigenvalue weighted by Gasteiger charge is 2.11. The van der Waals surface area contributed by atoms with Crippen LogP contribution in [0.4, 0.5) is 17.1 Å². The van der Waals surface area contributed by atoms with E-state index in [0.29, 0.717) is 16.7 Å². The van der Waals surface area contributed by atoms with Gasteiger partial charge >= 0.3 is 0 Å². The van der Waals surface area contributed by atoms with Gasteiger partial charge in [0.1, 0.15) is 5.75 Å². The molecule has 1 aromatic heterocycles. The Labute approximate surface area is 115 Å². The van der Waals surface area contributed by atoms with Gasteiger partial charge in [-0.3, -0.25) is 0 Å². The van der Waals surface area contributed by atoms with Crippen LogP contribution in [0.1, 0.15) is 5.56 Å². The molecule has 20 heavy (non-hydrogen) atoms. The van der Waals surface area contributed by atoms with Crippen molar-refractivity contribution in [2.24, 2.45) is 0 Å². The zero-order valence-corrected chi connectivity index (χ0v) is 11.2. The lowest BCUT2D eigenvalue weighted by Crippen LogP contribution is -1.96. The molecule has 0 saturated heterocycles. The first-order valence-corrected chi connectivity index (χ1v) is 6.11. The van der Waals surface area contributed by atoms with Gasteiger partial charge < -0.3 is 15.8 Å². The molecule has 6 nitrogen and oxygen atoms in total. The summed E-state index contributed by atoms with van der Waals surface area (Å²) < 4.78 is 9.94. The van der Waals surface area contributed by atoms with Gasteiger partial charge in [0.25, 0.3) is 0 Å². The van der Waals surface area contributed by atoms with E-state index in [4.69, 9.17) is 15.1 Å². The Balaban J connectivity index is 2.01. The Kier molecular flexibility index (Phi) is 2.90. The van der Waals surface area contributed by atoms with Gasteiger partial charge in [0.15, 0.2) is 11.0 Å². The third-order valence-corrected chi connectivity index (χ3v) is 3.15. The number of nitrogens with two attached hydrogens (primary N) is 1. The number of nitrogen functional groups attached to an aromatic ring is 1. The van der Waals surface area contributed by atoms with Crippen molar-refractivity contribution in [2.75, 3.05) is 18.2 Å². The van der Waals surface area contributed by atoms with Crippen molar-refractivity contribution in [3.63, 3.8) is 0 Å². The highest BCUT2D eigenvalue weighted by atomic mass is 16.6. The van der Waals surface area contributed by atoms with Crippen molar-refractivity contribution in [3.05, 3.63) is 35.9 Å². The fourth-order valence-corrected chi connectivity index (χ4v) is 2.04. The monoisotopic (exact) mass is 270 g/mol. The number of rotatable bonds is 3. The summed E-state index contributed by atoms with van der Waals surface area (Å²) in [6, 6.07) is 9.42. The summed E-state index contributed by atoms with van der Waals surface area (Å²) in [6.07, 6.45) is 0. The van der Waals surface area contributed by atoms with Crippen LogP contribution in [0.3, 0.4) is 0 Å². The largest absolute Gasteiger partial charge is 0.497 e. The number of ether oxygens (including phenoxy) is 1. The number of nitrogens with one attached hydrogen (secondary N) is 1. The van der Waals surface area contributed by atoms with E-state index in [0.717, 1.165) is 22.7 Å². The van der Waals surface area contributed by atoms with Crippen molar-refractivity contribution in [2.45, 2.75) is 6.92 Å². The number of aromatic nitrogens is 2. The average molecular weight is 270 g/mol. The maximum Gasteiger partial charge on any atom is 0.160 e. The first kappa shape index (κ1) is 12.3. The maximum absolute atomic E-state index is 5.82. The molecule has 102 valence electrons. The highest BCUT2D eigenvalue weighted by molar-refractivity contribution is 5.96. The number of hydrogen-bond donors (Lipinski definition) is 2. The quantitative estimate of drug-likeness (QED) is 0.712. The van der Waals surface area contributed by atoms with Crippen molar-refractivity contribution < 1.29 is 9.37 Å². The zero-order chi connectivity index (χ0) is 14.1. The van der Waals surface area contributed by atoms with E-state index in [9.17, 15) is 0 Å². The summed E-state index contributed by atoms with van der Waals surface area (Å²) in [5.41, 5.74) is 10.3. The molecule has 0 aliphatic carbocycles. The SMILES string of the molecule is COc1ccc(Nc2ccc(N)c3nonc23)c(C)c1. The van der Waals surface area contributed by atoms with Gasteiger partial charge in [0.05, 0.1) is 18.5 Å². The van der Waals surface area contributed by atoms with Crippen LogP contribution in [0.2, 0.25) is 0 Å². The first-order valence-electron chi connectivity index (χ1n) is 6.11. The molecule has 0 saturated carbocycles. The van der Waals surface area contributed by atoms with E-state index in [2.05, 4.69) is 15.6 Å². The molecule has 0 bridgehead atoms. The second-order valence-corrected chi connectivity index (χ2v) is 4.47. The third-order valence-electron chi connectivity index (χ3n) is 3.15. The molecule has 6 heteroatoms. The van der Waals surface area contributed by atoms with Crippen LogP contribution in [-0.4, -0.2) is 17.4 Å². The number of hydrogen-bond acceptors (Lipinski definition) is 6. The summed E-state index contributed by atoms with van der Waals surface area (Å²) in [7, 11) is 1.65. The Morgan fingerprint density at radius 2 is 1.85 bits per heavy atom. The first-order chi connectivity index (χ1) is 9.69. The molecule has 0 atom stereocenters. The molecule has 2 aromatic carbocycles. The van der Waals surface area contributed by atoms with E-state index < -0.39 is 0 Å². The zero-order valence-electron chi connectivity index (χ0n) is 11.2. The van der Waals surface area contributed by atoms with Gasteiger partial charge in [-0.25, -0.2) is 4.63 Å². The molecule has 0 radical (unpaired) electrons. The molecule has 0 aliphatic rings. The second-order valence-electron chi connectivity index (χ2n) is 4.47. The fourth-order valence-electron chi connectivity index (χ4n) is 2.04. The minimum atomic E-state index is 0.540. The van der Waals surface area contributed by atoms with E-state index >= 15 is 0 Å². The smallest absolute Gasteiger partial charge is 0.160 e. The number of methoxy groups -OCH3 is 1. The normalized spacial score (nSPS) is 10.7. The van der Waals surface area contributed by atoms with Crippen LogP contribution in [0.25, 0.3) is 11.0 Å². The minimum absolute atomic E-state index is 0.540. The standard InChI is InChI=1S/C14H14N4O2/c1-8-7-9(19-2)3-5-11(8)16-12-6-4-10(15)13-14(12)18-20-17-13/h3-7,16H,15H2,1-2H3.